The molecule has 0 saturated carbocycles. The maximum Gasteiger partial charge on any atom is 0.125 e. The van der Waals surface area contributed by atoms with Gasteiger partial charge in [-0.3, -0.25) is 0 Å². The molecule has 14 heavy (non-hydrogen) atoms. The van der Waals surface area contributed by atoms with Crippen LogP contribution in [-0.4, -0.2) is 24.2 Å². The molecule has 86 valence electrons. The summed E-state index contributed by atoms with van der Waals surface area (Å²) in [6.07, 6.45) is 2.91. The minimum absolute atomic E-state index is 0.181. The second-order valence-corrected chi connectivity index (χ2v) is 3.99. The molecule has 0 radical (unpaired) electrons. The summed E-state index contributed by atoms with van der Waals surface area (Å²) in [4.78, 5) is 5.66. The molecule has 0 fully saturated rings. The fourth-order valence-electron chi connectivity index (χ4n) is 1.14. The van der Waals surface area contributed by atoms with E-state index >= 15 is 0 Å². The zero-order valence-electron chi connectivity index (χ0n) is 10.2. The molecule has 4 nitrogen and oxygen atoms in total. The van der Waals surface area contributed by atoms with Crippen molar-refractivity contribution in [3.8, 4) is 0 Å². The van der Waals surface area contributed by atoms with Crippen LogP contribution in [0.5, 0.6) is 0 Å². The molecule has 0 aromatic heterocycles. The summed E-state index contributed by atoms with van der Waals surface area (Å²) in [5.74, 6) is 7.76. The van der Waals surface area contributed by atoms with Gasteiger partial charge in [0.25, 0.3) is 0 Å². The molecular weight excluding hydrogens is 178 g/mol. The van der Waals surface area contributed by atoms with Gasteiger partial charge in [-0.15, -0.1) is 5.01 Å². The summed E-state index contributed by atoms with van der Waals surface area (Å²) in [7, 11) is 1.90. The zero-order chi connectivity index (χ0) is 11.2. The second-order valence-electron chi connectivity index (χ2n) is 3.99. The standard InChI is InChI=1S/C10H25N3O/c1-6-9-12(5)13(11)14-10(4,7-2)8-3/h11,13H,6-9H2,1-5H3. The first-order chi connectivity index (χ1) is 6.49. The smallest absolute Gasteiger partial charge is 0.125 e. The molecular formula is C10H25N3O. The number of quaternary nitrogens is 1. The monoisotopic (exact) mass is 203 g/mol. The van der Waals surface area contributed by atoms with E-state index in [0.717, 1.165) is 25.8 Å². The summed E-state index contributed by atoms with van der Waals surface area (Å²) in [5.41, 5.74) is -0.181. The van der Waals surface area contributed by atoms with Gasteiger partial charge in [-0.25, -0.2) is 0 Å². The van der Waals surface area contributed by atoms with Crippen LogP contribution in [0.3, 0.4) is 0 Å². The van der Waals surface area contributed by atoms with E-state index in [9.17, 15) is 0 Å². The first-order valence-corrected chi connectivity index (χ1v) is 5.47. The number of hydrogen-bond donors (Lipinski definition) is 1. The van der Waals surface area contributed by atoms with E-state index in [1.807, 2.05) is 12.1 Å². The van der Waals surface area contributed by atoms with Gasteiger partial charge in [0.05, 0.1) is 0 Å². The van der Waals surface area contributed by atoms with Gasteiger partial charge >= 0.3 is 0 Å². The van der Waals surface area contributed by atoms with E-state index in [2.05, 4.69) is 27.7 Å². The Bertz CT molecular complexity index is 148. The van der Waals surface area contributed by atoms with E-state index in [4.69, 9.17) is 10.7 Å². The highest BCUT2D eigenvalue weighted by Gasteiger charge is 2.26. The summed E-state index contributed by atoms with van der Waals surface area (Å²) >= 11 is 0. The molecule has 4 heteroatoms. The minimum atomic E-state index is -0.181. The molecule has 2 N–H and O–H groups in total. The van der Waals surface area contributed by atoms with E-state index in [1.165, 1.54) is 0 Å². The predicted molar refractivity (Wildman–Crippen MR) is 58.3 cm³/mol. The Morgan fingerprint density at radius 1 is 1.29 bits per heavy atom. The molecule has 0 aromatic carbocycles. The zero-order valence-corrected chi connectivity index (χ0v) is 10.2. The van der Waals surface area contributed by atoms with Crippen molar-refractivity contribution in [2.24, 2.45) is 0 Å². The lowest BCUT2D eigenvalue weighted by molar-refractivity contribution is -1.15. The molecule has 1 unspecified atom stereocenters. The lowest BCUT2D eigenvalue weighted by Crippen LogP contribution is -3.12. The molecule has 0 aliphatic carbocycles. The van der Waals surface area contributed by atoms with Crippen molar-refractivity contribution >= 4 is 0 Å². The van der Waals surface area contributed by atoms with Crippen LogP contribution in [0.1, 0.15) is 47.0 Å². The van der Waals surface area contributed by atoms with E-state index < -0.39 is 0 Å². The third kappa shape index (κ3) is 4.37. The molecule has 0 saturated heterocycles. The lowest BCUT2D eigenvalue weighted by Gasteiger charge is -2.35. The van der Waals surface area contributed by atoms with Crippen molar-refractivity contribution in [1.29, 1.82) is 0 Å². The summed E-state index contributed by atoms with van der Waals surface area (Å²) in [6.45, 7) is 9.22. The molecule has 0 aliphatic rings. The maximum absolute atomic E-state index is 7.76. The van der Waals surface area contributed by atoms with Crippen LogP contribution in [0, 0.1) is 0 Å². The van der Waals surface area contributed by atoms with E-state index in [-0.39, 0.29) is 10.9 Å². The van der Waals surface area contributed by atoms with Crippen molar-refractivity contribution in [2.75, 3.05) is 13.6 Å². The third-order valence-corrected chi connectivity index (χ3v) is 2.74. The third-order valence-electron chi connectivity index (χ3n) is 2.74. The second kappa shape index (κ2) is 6.35. The SMILES string of the molecule is CCCN(C)[NH+]([NH-])OC(C)(CC)CC. The Kier molecular flexibility index (Phi) is 6.27. The molecule has 0 aliphatic heterocycles. The molecule has 0 rings (SSSR count). The Morgan fingerprint density at radius 3 is 2.14 bits per heavy atom. The Morgan fingerprint density at radius 2 is 1.79 bits per heavy atom. The van der Waals surface area contributed by atoms with Crippen LogP contribution in [0.15, 0.2) is 0 Å². The van der Waals surface area contributed by atoms with Crippen molar-refractivity contribution in [3.05, 3.63) is 5.84 Å². The van der Waals surface area contributed by atoms with E-state index in [1.54, 1.807) is 0 Å². The lowest BCUT2D eigenvalue weighted by atomic mass is 10.0. The minimum Gasteiger partial charge on any atom is -0.412 e. The van der Waals surface area contributed by atoms with Gasteiger partial charge in [-0.1, -0.05) is 20.8 Å². The average Bonchev–Trinajstić information content (AvgIpc) is 2.18. The topological polar surface area (TPSA) is 40.7 Å². The summed E-state index contributed by atoms with van der Waals surface area (Å²) in [5, 5.41) is 2.14. The first-order valence-electron chi connectivity index (χ1n) is 5.47. The highest BCUT2D eigenvalue weighted by Crippen LogP contribution is 2.16. The van der Waals surface area contributed by atoms with Gasteiger partial charge in [-0.2, -0.15) is 10.1 Å². The normalized spacial score (nSPS) is 14.8. The molecule has 0 bridgehead atoms. The fraction of sp³-hybridized carbons (Fsp3) is 1.00. The van der Waals surface area contributed by atoms with Gasteiger partial charge in [0.2, 0.25) is 0 Å². The fourth-order valence-corrected chi connectivity index (χ4v) is 1.14. The maximum atomic E-state index is 7.76. The highest BCUT2D eigenvalue weighted by molar-refractivity contribution is 4.67. The molecule has 0 amide bonds. The Hall–Kier alpha value is -0.160. The van der Waals surface area contributed by atoms with Crippen LogP contribution in [-0.2, 0) is 4.84 Å². The molecule has 0 spiro atoms. The van der Waals surface area contributed by atoms with Gasteiger partial charge in [0, 0.05) is 13.6 Å². The molecule has 0 heterocycles. The van der Waals surface area contributed by atoms with Crippen molar-refractivity contribution in [1.82, 2.24) is 5.01 Å². The quantitative estimate of drug-likeness (QED) is 0.639. The van der Waals surface area contributed by atoms with Crippen molar-refractivity contribution in [3.63, 3.8) is 0 Å². The molecule has 1 atom stereocenters. The number of nitrogens with zero attached hydrogens (tertiary/aromatic N) is 1. The van der Waals surface area contributed by atoms with Crippen LogP contribution >= 0.6 is 0 Å². The predicted octanol–water partition coefficient (Wildman–Crippen LogP) is 1.61. The Labute approximate surface area is 87.9 Å². The summed E-state index contributed by atoms with van der Waals surface area (Å²) in [6, 6.07) is 0. The Balaban J connectivity index is 4.07. The van der Waals surface area contributed by atoms with Crippen LogP contribution < -0.4 is 5.28 Å². The van der Waals surface area contributed by atoms with Crippen molar-refractivity contribution in [2.45, 2.75) is 52.6 Å². The van der Waals surface area contributed by atoms with Gasteiger partial charge < -0.3 is 5.84 Å². The van der Waals surface area contributed by atoms with Gasteiger partial charge in [-0.05, 0) is 26.2 Å². The first kappa shape index (κ1) is 13.8. The van der Waals surface area contributed by atoms with Gasteiger partial charge in [0.1, 0.15) is 5.60 Å². The van der Waals surface area contributed by atoms with Crippen LogP contribution in [0.25, 0.3) is 5.84 Å². The van der Waals surface area contributed by atoms with E-state index in [0.29, 0.717) is 0 Å². The average molecular weight is 203 g/mol. The van der Waals surface area contributed by atoms with Gasteiger partial charge in [0.15, 0.2) is 0 Å². The largest absolute Gasteiger partial charge is 0.412 e. The number of hydrogen-bond acceptors (Lipinski definition) is 2. The van der Waals surface area contributed by atoms with Crippen LogP contribution in [0.4, 0.5) is 0 Å². The number of nitrogens with one attached hydrogen (secondary N) is 2. The van der Waals surface area contributed by atoms with Crippen LogP contribution in [0.2, 0.25) is 0 Å². The molecule has 0 aromatic rings. The number of rotatable bonds is 7. The van der Waals surface area contributed by atoms with Crippen molar-refractivity contribution < 1.29 is 10.1 Å². The highest BCUT2D eigenvalue weighted by atomic mass is 16.8. The summed E-state index contributed by atoms with van der Waals surface area (Å²) < 4.78 is 0.